The van der Waals surface area contributed by atoms with Crippen LogP contribution in [-0.2, 0) is 0 Å². The summed E-state index contributed by atoms with van der Waals surface area (Å²) in [5.41, 5.74) is 14.4. The molecule has 1 aromatic carbocycles. The number of hydrogen-bond acceptors (Lipinski definition) is 5. The number of aryl methyl sites for hydroxylation is 1. The van der Waals surface area contributed by atoms with E-state index in [0.717, 1.165) is 37.1 Å². The lowest BCUT2D eigenvalue weighted by Gasteiger charge is -2.25. The standard InChI is InChI=1S/C16H20FN5/c1-9-6-12(13-8-21-16(19)22-15(13)18)14(17)7-11(9)10-2-4-20-5-3-10/h6-8,10,20H,2-5H2,1H3,(H4,18,19,21,22). The predicted octanol–water partition coefficient (Wildman–Crippen LogP) is 2.22. The van der Waals surface area contributed by atoms with Gasteiger partial charge in [0.1, 0.15) is 11.6 Å². The molecular weight excluding hydrogens is 281 g/mol. The highest BCUT2D eigenvalue weighted by atomic mass is 19.1. The van der Waals surface area contributed by atoms with E-state index < -0.39 is 0 Å². The van der Waals surface area contributed by atoms with Crippen LogP contribution in [0, 0.1) is 12.7 Å². The van der Waals surface area contributed by atoms with Gasteiger partial charge in [-0.15, -0.1) is 0 Å². The SMILES string of the molecule is Cc1cc(-c2cnc(N)nc2N)c(F)cc1C1CCNCC1. The number of aromatic nitrogens is 2. The molecule has 3 rings (SSSR count). The van der Waals surface area contributed by atoms with E-state index in [1.54, 1.807) is 6.07 Å². The Hall–Kier alpha value is -2.21. The van der Waals surface area contributed by atoms with Gasteiger partial charge in [0.25, 0.3) is 0 Å². The molecule has 2 heterocycles. The number of benzene rings is 1. The molecule has 0 saturated carbocycles. The predicted molar refractivity (Wildman–Crippen MR) is 85.8 cm³/mol. The maximum absolute atomic E-state index is 14.6. The largest absolute Gasteiger partial charge is 0.383 e. The van der Waals surface area contributed by atoms with E-state index in [4.69, 9.17) is 11.5 Å². The van der Waals surface area contributed by atoms with Crippen molar-refractivity contribution in [3.63, 3.8) is 0 Å². The fraction of sp³-hybridized carbons (Fsp3) is 0.375. The average Bonchev–Trinajstić information content (AvgIpc) is 2.50. The first-order valence-corrected chi connectivity index (χ1v) is 7.45. The van der Waals surface area contributed by atoms with E-state index in [-0.39, 0.29) is 17.6 Å². The molecule has 1 saturated heterocycles. The second kappa shape index (κ2) is 5.88. The number of hydrogen-bond donors (Lipinski definition) is 3. The first-order valence-electron chi connectivity index (χ1n) is 7.45. The van der Waals surface area contributed by atoms with E-state index in [1.807, 2.05) is 13.0 Å². The highest BCUT2D eigenvalue weighted by Gasteiger charge is 2.20. The third kappa shape index (κ3) is 2.74. The van der Waals surface area contributed by atoms with Crippen molar-refractivity contribution in [2.24, 2.45) is 0 Å². The smallest absolute Gasteiger partial charge is 0.221 e. The Morgan fingerprint density at radius 2 is 1.91 bits per heavy atom. The van der Waals surface area contributed by atoms with Crippen molar-refractivity contribution in [2.45, 2.75) is 25.7 Å². The van der Waals surface area contributed by atoms with E-state index in [0.29, 0.717) is 17.0 Å². The van der Waals surface area contributed by atoms with Gasteiger partial charge in [-0.3, -0.25) is 0 Å². The van der Waals surface area contributed by atoms with Crippen LogP contribution in [0.2, 0.25) is 0 Å². The van der Waals surface area contributed by atoms with Crippen molar-refractivity contribution in [1.82, 2.24) is 15.3 Å². The zero-order valence-electron chi connectivity index (χ0n) is 12.6. The van der Waals surface area contributed by atoms with Crippen molar-refractivity contribution in [3.8, 4) is 11.1 Å². The minimum Gasteiger partial charge on any atom is -0.383 e. The Morgan fingerprint density at radius 3 is 2.59 bits per heavy atom. The molecule has 0 spiro atoms. The monoisotopic (exact) mass is 301 g/mol. The zero-order chi connectivity index (χ0) is 15.7. The molecule has 0 bridgehead atoms. The number of rotatable bonds is 2. The molecule has 116 valence electrons. The van der Waals surface area contributed by atoms with Crippen molar-refractivity contribution < 1.29 is 4.39 Å². The third-order valence-electron chi connectivity index (χ3n) is 4.26. The Morgan fingerprint density at radius 1 is 1.18 bits per heavy atom. The van der Waals surface area contributed by atoms with Crippen molar-refractivity contribution in [1.29, 1.82) is 0 Å². The molecule has 1 aliphatic heterocycles. The number of nitrogens with two attached hydrogens (primary N) is 2. The molecule has 2 aromatic rings. The number of nitrogen functional groups attached to an aromatic ring is 2. The van der Waals surface area contributed by atoms with Crippen LogP contribution in [0.1, 0.15) is 29.9 Å². The summed E-state index contributed by atoms with van der Waals surface area (Å²) in [4.78, 5) is 7.81. The fourth-order valence-electron chi connectivity index (χ4n) is 3.09. The summed E-state index contributed by atoms with van der Waals surface area (Å²) in [5.74, 6) is 0.397. The third-order valence-corrected chi connectivity index (χ3v) is 4.26. The molecule has 0 unspecified atom stereocenters. The van der Waals surface area contributed by atoms with Gasteiger partial charge in [-0.2, -0.15) is 4.98 Å². The minimum absolute atomic E-state index is 0.0877. The normalized spacial score (nSPS) is 15.9. The van der Waals surface area contributed by atoms with Crippen LogP contribution in [0.15, 0.2) is 18.3 Å². The molecule has 0 aliphatic carbocycles. The Kier molecular flexibility index (Phi) is 3.94. The van der Waals surface area contributed by atoms with Crippen LogP contribution in [-0.4, -0.2) is 23.1 Å². The summed E-state index contributed by atoms with van der Waals surface area (Å²) in [5, 5.41) is 3.33. The molecular formula is C16H20FN5. The number of piperidine rings is 1. The van der Waals surface area contributed by atoms with Gasteiger partial charge in [-0.05, 0) is 62.0 Å². The molecule has 0 amide bonds. The summed E-state index contributed by atoms with van der Waals surface area (Å²) in [6.07, 6.45) is 3.54. The maximum Gasteiger partial charge on any atom is 0.221 e. The Bertz CT molecular complexity index is 695. The van der Waals surface area contributed by atoms with E-state index in [2.05, 4.69) is 15.3 Å². The molecule has 0 atom stereocenters. The lowest BCUT2D eigenvalue weighted by atomic mass is 9.86. The molecule has 1 aliphatic rings. The number of nitrogens with one attached hydrogen (secondary N) is 1. The van der Waals surface area contributed by atoms with Crippen molar-refractivity contribution in [3.05, 3.63) is 35.3 Å². The number of anilines is 2. The summed E-state index contributed by atoms with van der Waals surface area (Å²) >= 11 is 0. The second-order valence-corrected chi connectivity index (χ2v) is 5.74. The minimum atomic E-state index is -0.292. The van der Waals surface area contributed by atoms with E-state index in [9.17, 15) is 4.39 Å². The van der Waals surface area contributed by atoms with E-state index in [1.165, 1.54) is 6.20 Å². The molecule has 5 nitrogen and oxygen atoms in total. The first-order chi connectivity index (χ1) is 10.6. The number of halogens is 1. The van der Waals surface area contributed by atoms with Gasteiger partial charge in [0.05, 0.1) is 0 Å². The van der Waals surface area contributed by atoms with Gasteiger partial charge in [0.15, 0.2) is 0 Å². The van der Waals surface area contributed by atoms with Crippen molar-refractivity contribution >= 4 is 11.8 Å². The number of nitrogens with zero attached hydrogens (tertiary/aromatic N) is 2. The molecule has 22 heavy (non-hydrogen) atoms. The molecule has 0 radical (unpaired) electrons. The molecule has 5 N–H and O–H groups in total. The van der Waals surface area contributed by atoms with Gasteiger partial charge in [-0.25, -0.2) is 9.37 Å². The zero-order valence-corrected chi connectivity index (χ0v) is 12.6. The van der Waals surface area contributed by atoms with Crippen LogP contribution >= 0.6 is 0 Å². The van der Waals surface area contributed by atoms with Crippen LogP contribution in [0.25, 0.3) is 11.1 Å². The summed E-state index contributed by atoms with van der Waals surface area (Å²) in [6, 6.07) is 3.47. The summed E-state index contributed by atoms with van der Waals surface area (Å²) in [7, 11) is 0. The first kappa shape index (κ1) is 14.7. The van der Waals surface area contributed by atoms with Crippen LogP contribution in [0.4, 0.5) is 16.2 Å². The lowest BCUT2D eigenvalue weighted by molar-refractivity contribution is 0.457. The summed E-state index contributed by atoms with van der Waals surface area (Å²) < 4.78 is 14.6. The van der Waals surface area contributed by atoms with Gasteiger partial charge in [0, 0.05) is 17.3 Å². The topological polar surface area (TPSA) is 89.8 Å². The summed E-state index contributed by atoms with van der Waals surface area (Å²) in [6.45, 7) is 3.97. The highest BCUT2D eigenvalue weighted by molar-refractivity contribution is 5.75. The van der Waals surface area contributed by atoms with Gasteiger partial charge < -0.3 is 16.8 Å². The quantitative estimate of drug-likeness (QED) is 0.791. The van der Waals surface area contributed by atoms with Gasteiger partial charge >= 0.3 is 0 Å². The highest BCUT2D eigenvalue weighted by Crippen LogP contribution is 2.34. The Labute approximate surface area is 129 Å². The van der Waals surface area contributed by atoms with Gasteiger partial charge in [0.2, 0.25) is 5.95 Å². The molecule has 1 aromatic heterocycles. The fourth-order valence-corrected chi connectivity index (χ4v) is 3.09. The lowest BCUT2D eigenvalue weighted by Crippen LogP contribution is -2.27. The van der Waals surface area contributed by atoms with Crippen LogP contribution in [0.5, 0.6) is 0 Å². The molecule has 1 fully saturated rings. The van der Waals surface area contributed by atoms with Crippen LogP contribution in [0.3, 0.4) is 0 Å². The maximum atomic E-state index is 14.6. The van der Waals surface area contributed by atoms with Crippen LogP contribution < -0.4 is 16.8 Å². The molecule has 6 heteroatoms. The van der Waals surface area contributed by atoms with E-state index >= 15 is 0 Å². The Balaban J connectivity index is 2.02. The second-order valence-electron chi connectivity index (χ2n) is 5.74. The van der Waals surface area contributed by atoms with Gasteiger partial charge in [-0.1, -0.05) is 0 Å². The van der Waals surface area contributed by atoms with Crippen molar-refractivity contribution in [2.75, 3.05) is 24.6 Å². The average molecular weight is 301 g/mol.